The largest absolute Gasteiger partial charge is 0.477 e. The number of furan rings is 1. The Labute approximate surface area is 158 Å². The zero-order valence-electron chi connectivity index (χ0n) is 15.0. The number of hydrogen-bond acceptors (Lipinski definition) is 8. The van der Waals surface area contributed by atoms with E-state index in [1.54, 1.807) is 6.92 Å². The van der Waals surface area contributed by atoms with E-state index in [1.165, 1.54) is 31.2 Å². The van der Waals surface area contributed by atoms with Crippen LogP contribution in [-0.4, -0.2) is 35.9 Å². The number of nitrogens with two attached hydrogens (primary N) is 1. The summed E-state index contributed by atoms with van der Waals surface area (Å²) in [5.74, 6) is -3.04. The second-order valence-electron chi connectivity index (χ2n) is 5.38. The topological polar surface area (TPSA) is 164 Å². The predicted molar refractivity (Wildman–Crippen MR) is 95.1 cm³/mol. The molecule has 0 atom stereocenters. The van der Waals surface area contributed by atoms with Crippen molar-refractivity contribution >= 4 is 29.4 Å². The van der Waals surface area contributed by atoms with Crippen LogP contribution in [0, 0.1) is 17.0 Å². The Morgan fingerprint density at radius 3 is 2.54 bits per heavy atom. The highest BCUT2D eigenvalue weighted by Crippen LogP contribution is 2.28. The first-order chi connectivity index (χ1) is 13.3. The van der Waals surface area contributed by atoms with Crippen LogP contribution in [0.25, 0.3) is 0 Å². The number of rotatable bonds is 8. The molecule has 0 unspecified atom stereocenters. The minimum absolute atomic E-state index is 0.0298. The normalized spacial score (nSPS) is 10.2. The van der Waals surface area contributed by atoms with E-state index in [2.05, 4.69) is 5.32 Å². The molecule has 0 saturated heterocycles. The van der Waals surface area contributed by atoms with Gasteiger partial charge >= 0.3 is 11.7 Å². The second kappa shape index (κ2) is 8.66. The number of nitrogens with zero attached hydrogens (tertiary/aromatic N) is 1. The van der Waals surface area contributed by atoms with Gasteiger partial charge in [0, 0.05) is 6.07 Å². The summed E-state index contributed by atoms with van der Waals surface area (Å²) in [5.41, 5.74) is 4.45. The monoisotopic (exact) mass is 391 g/mol. The van der Waals surface area contributed by atoms with Crippen molar-refractivity contribution in [1.29, 1.82) is 0 Å². The van der Waals surface area contributed by atoms with Crippen molar-refractivity contribution in [3.63, 3.8) is 0 Å². The van der Waals surface area contributed by atoms with E-state index in [1.807, 2.05) is 0 Å². The third kappa shape index (κ3) is 4.44. The average molecular weight is 391 g/mol. The first kappa shape index (κ1) is 20.4. The number of nitro groups is 1. The maximum atomic E-state index is 12.1. The van der Waals surface area contributed by atoms with Gasteiger partial charge in [0.05, 0.1) is 11.5 Å². The van der Waals surface area contributed by atoms with Gasteiger partial charge in [0.15, 0.2) is 12.4 Å². The minimum atomic E-state index is -1.00. The Morgan fingerprint density at radius 2 is 1.93 bits per heavy atom. The molecule has 0 spiro atoms. The molecule has 2 amide bonds. The van der Waals surface area contributed by atoms with Crippen LogP contribution in [0.1, 0.15) is 33.4 Å². The number of carbonyl (C=O) groups excluding carboxylic acids is 3. The number of para-hydroxylation sites is 2. The molecule has 0 aliphatic carbocycles. The fourth-order valence-corrected chi connectivity index (χ4v) is 2.35. The highest BCUT2D eigenvalue weighted by Gasteiger charge is 2.29. The van der Waals surface area contributed by atoms with Gasteiger partial charge in [-0.15, -0.1) is 0 Å². The van der Waals surface area contributed by atoms with E-state index >= 15 is 0 Å². The third-order valence-electron chi connectivity index (χ3n) is 3.48. The molecule has 0 fully saturated rings. The first-order valence-corrected chi connectivity index (χ1v) is 8.02. The van der Waals surface area contributed by atoms with Crippen LogP contribution in [-0.2, 0) is 9.53 Å². The lowest BCUT2D eigenvalue weighted by molar-refractivity contribution is -0.385. The predicted octanol–water partition coefficient (Wildman–Crippen LogP) is 1.79. The number of anilines is 1. The molecule has 0 aliphatic rings. The molecular formula is C17H17N3O8. The Balaban J connectivity index is 2.18. The number of amides is 2. The summed E-state index contributed by atoms with van der Waals surface area (Å²) in [6.07, 6.45) is 0. The molecule has 11 nitrogen and oxygen atoms in total. The number of nitro benzene ring substituents is 1. The van der Waals surface area contributed by atoms with Crippen molar-refractivity contribution in [1.82, 2.24) is 0 Å². The van der Waals surface area contributed by atoms with Gasteiger partial charge in [0.1, 0.15) is 16.9 Å². The Kier molecular flexibility index (Phi) is 6.32. The molecule has 1 aromatic carbocycles. The van der Waals surface area contributed by atoms with Crippen LogP contribution in [0.5, 0.6) is 5.75 Å². The Morgan fingerprint density at radius 1 is 1.25 bits per heavy atom. The number of aryl methyl sites for hydroxylation is 1. The minimum Gasteiger partial charge on any atom is -0.477 e. The SMILES string of the molecule is CCOC(=O)c1c(C)oc(NC(=O)COc2ccccc2[N+](=O)[O-])c1C(N)=O. The molecule has 148 valence electrons. The summed E-state index contributed by atoms with van der Waals surface area (Å²) in [6.45, 7) is 2.43. The third-order valence-corrected chi connectivity index (χ3v) is 3.48. The van der Waals surface area contributed by atoms with Gasteiger partial charge < -0.3 is 19.6 Å². The average Bonchev–Trinajstić information content (AvgIpc) is 2.96. The zero-order chi connectivity index (χ0) is 20.8. The van der Waals surface area contributed by atoms with Crippen molar-refractivity contribution < 1.29 is 33.2 Å². The van der Waals surface area contributed by atoms with Gasteiger partial charge in [-0.1, -0.05) is 12.1 Å². The lowest BCUT2D eigenvalue weighted by atomic mass is 10.1. The lowest BCUT2D eigenvalue weighted by Gasteiger charge is -2.07. The Hall–Kier alpha value is -3.89. The van der Waals surface area contributed by atoms with Gasteiger partial charge in [-0.05, 0) is 19.9 Å². The van der Waals surface area contributed by atoms with Crippen LogP contribution in [0.2, 0.25) is 0 Å². The molecule has 1 aromatic heterocycles. The standard InChI is InChI=1S/C17H17N3O8/c1-3-26-17(23)13-9(2)28-16(14(13)15(18)22)19-12(21)8-27-11-7-5-4-6-10(11)20(24)25/h4-7H,3,8H2,1-2H3,(H2,18,22)(H,19,21). The van der Waals surface area contributed by atoms with Crippen LogP contribution in [0.15, 0.2) is 28.7 Å². The van der Waals surface area contributed by atoms with E-state index in [0.717, 1.165) is 0 Å². The van der Waals surface area contributed by atoms with E-state index in [0.29, 0.717) is 0 Å². The molecule has 2 rings (SSSR count). The quantitative estimate of drug-likeness (QED) is 0.390. The molecule has 28 heavy (non-hydrogen) atoms. The van der Waals surface area contributed by atoms with E-state index < -0.39 is 29.3 Å². The lowest BCUT2D eigenvalue weighted by Crippen LogP contribution is -2.23. The summed E-state index contributed by atoms with van der Waals surface area (Å²) in [4.78, 5) is 46.2. The molecule has 0 bridgehead atoms. The molecule has 0 radical (unpaired) electrons. The molecule has 2 aromatic rings. The van der Waals surface area contributed by atoms with Crippen molar-refractivity contribution in [2.24, 2.45) is 5.73 Å². The highest BCUT2D eigenvalue weighted by molar-refractivity contribution is 6.10. The summed E-state index contributed by atoms with van der Waals surface area (Å²) in [7, 11) is 0. The van der Waals surface area contributed by atoms with Crippen LogP contribution in [0.4, 0.5) is 11.6 Å². The Bertz CT molecular complexity index is 934. The maximum Gasteiger partial charge on any atom is 0.342 e. The van der Waals surface area contributed by atoms with Crippen LogP contribution >= 0.6 is 0 Å². The highest BCUT2D eigenvalue weighted by atomic mass is 16.6. The molecule has 3 N–H and O–H groups in total. The molecule has 0 aliphatic heterocycles. The second-order valence-corrected chi connectivity index (χ2v) is 5.38. The van der Waals surface area contributed by atoms with Gasteiger partial charge in [0.25, 0.3) is 11.8 Å². The smallest absolute Gasteiger partial charge is 0.342 e. The van der Waals surface area contributed by atoms with E-state index in [-0.39, 0.29) is 40.8 Å². The summed E-state index contributed by atoms with van der Waals surface area (Å²) in [6, 6.07) is 5.51. The number of nitrogens with one attached hydrogen (secondary N) is 1. The maximum absolute atomic E-state index is 12.1. The number of primary amides is 1. The van der Waals surface area contributed by atoms with Crippen molar-refractivity contribution in [2.45, 2.75) is 13.8 Å². The number of esters is 1. The number of benzene rings is 1. The van der Waals surface area contributed by atoms with Gasteiger partial charge in [-0.3, -0.25) is 25.0 Å². The van der Waals surface area contributed by atoms with Crippen LogP contribution < -0.4 is 15.8 Å². The summed E-state index contributed by atoms with van der Waals surface area (Å²) < 4.78 is 15.3. The fourth-order valence-electron chi connectivity index (χ4n) is 2.35. The summed E-state index contributed by atoms with van der Waals surface area (Å²) >= 11 is 0. The molecule has 11 heteroatoms. The molecule has 1 heterocycles. The number of ether oxygens (including phenoxy) is 2. The molecule has 0 saturated carbocycles. The zero-order valence-corrected chi connectivity index (χ0v) is 15.0. The molecular weight excluding hydrogens is 374 g/mol. The van der Waals surface area contributed by atoms with Gasteiger partial charge in [-0.25, -0.2) is 4.79 Å². The summed E-state index contributed by atoms with van der Waals surface area (Å²) in [5, 5.41) is 13.2. The first-order valence-electron chi connectivity index (χ1n) is 8.02. The fraction of sp³-hybridized carbons (Fsp3) is 0.235. The van der Waals surface area contributed by atoms with Crippen molar-refractivity contribution in [2.75, 3.05) is 18.5 Å². The van der Waals surface area contributed by atoms with Crippen molar-refractivity contribution in [3.8, 4) is 5.75 Å². The number of carbonyl (C=O) groups is 3. The number of hydrogen-bond donors (Lipinski definition) is 2. The van der Waals surface area contributed by atoms with Crippen molar-refractivity contribution in [3.05, 3.63) is 51.3 Å². The van der Waals surface area contributed by atoms with Gasteiger partial charge in [0.2, 0.25) is 5.88 Å². The van der Waals surface area contributed by atoms with E-state index in [9.17, 15) is 24.5 Å². The van der Waals surface area contributed by atoms with E-state index in [4.69, 9.17) is 19.6 Å². The van der Waals surface area contributed by atoms with Crippen LogP contribution in [0.3, 0.4) is 0 Å². The van der Waals surface area contributed by atoms with Gasteiger partial charge in [-0.2, -0.15) is 0 Å².